The van der Waals surface area contributed by atoms with Gasteiger partial charge in [0.25, 0.3) is 0 Å². The summed E-state index contributed by atoms with van der Waals surface area (Å²) in [5.74, 6) is -0.869. The van der Waals surface area contributed by atoms with Crippen molar-refractivity contribution in [2.45, 2.75) is 57.5 Å². The molecule has 0 saturated heterocycles. The lowest BCUT2D eigenvalue weighted by Gasteiger charge is -2.33. The van der Waals surface area contributed by atoms with Gasteiger partial charge in [0.2, 0.25) is 11.8 Å². The third kappa shape index (κ3) is 5.27. The van der Waals surface area contributed by atoms with E-state index in [2.05, 4.69) is 5.32 Å². The summed E-state index contributed by atoms with van der Waals surface area (Å²) in [6.07, 6.45) is 5.44. The number of benzene rings is 1. The average molecular weight is 471 g/mol. The molecule has 2 heterocycles. The number of nitrogens with zero attached hydrogens (tertiary/aromatic N) is 1. The number of nitrogens with one attached hydrogen (secondary N) is 1. The van der Waals surface area contributed by atoms with Crippen molar-refractivity contribution in [1.29, 1.82) is 0 Å². The van der Waals surface area contributed by atoms with Crippen molar-refractivity contribution in [3.63, 3.8) is 0 Å². The van der Waals surface area contributed by atoms with Gasteiger partial charge >= 0.3 is 0 Å². The van der Waals surface area contributed by atoms with Gasteiger partial charge in [-0.3, -0.25) is 14.5 Å². The number of aryl methyl sites for hydroxylation is 1. The number of hydrogen-bond acceptors (Lipinski definition) is 4. The van der Waals surface area contributed by atoms with E-state index in [0.717, 1.165) is 41.0 Å². The number of amides is 2. The van der Waals surface area contributed by atoms with Gasteiger partial charge < -0.3 is 5.32 Å². The summed E-state index contributed by atoms with van der Waals surface area (Å²) in [4.78, 5) is 30.5. The van der Waals surface area contributed by atoms with Gasteiger partial charge in [-0.1, -0.05) is 31.4 Å². The largest absolute Gasteiger partial charge is 0.351 e. The first kappa shape index (κ1) is 22.7. The first-order valence-electron chi connectivity index (χ1n) is 11.0. The molecule has 1 unspecified atom stereocenters. The predicted octanol–water partition coefficient (Wildman–Crippen LogP) is 6.02. The molecule has 1 aromatic carbocycles. The summed E-state index contributed by atoms with van der Waals surface area (Å²) in [6.45, 7) is 1.94. The van der Waals surface area contributed by atoms with Crippen molar-refractivity contribution in [1.82, 2.24) is 5.32 Å². The quantitative estimate of drug-likeness (QED) is 0.459. The van der Waals surface area contributed by atoms with Crippen molar-refractivity contribution in [2.24, 2.45) is 0 Å². The molecule has 1 saturated carbocycles. The van der Waals surface area contributed by atoms with Crippen LogP contribution in [0.25, 0.3) is 0 Å². The van der Waals surface area contributed by atoms with Crippen LogP contribution < -0.4 is 10.2 Å². The second-order valence-electron chi connectivity index (χ2n) is 8.21. The number of halogens is 1. The second-order valence-corrected chi connectivity index (χ2v) is 10.2. The number of thiophene rings is 2. The Kier molecular flexibility index (Phi) is 7.37. The highest BCUT2D eigenvalue weighted by molar-refractivity contribution is 7.10. The van der Waals surface area contributed by atoms with Crippen LogP contribution in [0.2, 0.25) is 0 Å². The van der Waals surface area contributed by atoms with E-state index >= 15 is 0 Å². The fraction of sp³-hybridized carbons (Fsp3) is 0.360. The SMILES string of the molecule is Cc1ccsc1C(C(=O)NC1CCCCC1)N(C(=O)Cc1cccs1)c1cccc(F)c1. The maximum Gasteiger partial charge on any atom is 0.248 e. The van der Waals surface area contributed by atoms with E-state index in [4.69, 9.17) is 0 Å². The monoisotopic (exact) mass is 470 g/mol. The van der Waals surface area contributed by atoms with Gasteiger partial charge in [-0.05, 0) is 66.4 Å². The van der Waals surface area contributed by atoms with Gasteiger partial charge in [-0.25, -0.2) is 4.39 Å². The highest BCUT2D eigenvalue weighted by Crippen LogP contribution is 2.34. The van der Waals surface area contributed by atoms with Crippen molar-refractivity contribution in [3.05, 3.63) is 74.4 Å². The number of rotatable bonds is 7. The molecule has 1 aliphatic carbocycles. The molecule has 32 heavy (non-hydrogen) atoms. The summed E-state index contributed by atoms with van der Waals surface area (Å²) in [5.41, 5.74) is 1.34. The van der Waals surface area contributed by atoms with Gasteiger partial charge in [-0.2, -0.15) is 0 Å². The zero-order valence-corrected chi connectivity index (χ0v) is 19.7. The van der Waals surface area contributed by atoms with Crippen LogP contribution in [-0.4, -0.2) is 17.9 Å². The van der Waals surface area contributed by atoms with Crippen LogP contribution >= 0.6 is 22.7 Å². The molecule has 2 aromatic heterocycles. The molecule has 168 valence electrons. The summed E-state index contributed by atoms with van der Waals surface area (Å²) in [6, 6.07) is 11.0. The standard InChI is InChI=1S/C25H27FN2O2S2/c1-17-12-14-32-24(17)23(25(30)27-19-8-3-2-4-9-19)28(20-10-5-7-18(26)15-20)22(29)16-21-11-6-13-31-21/h5-7,10-15,19,23H,2-4,8-9,16H2,1H3,(H,27,30). The Morgan fingerprint density at radius 1 is 1.09 bits per heavy atom. The van der Waals surface area contributed by atoms with Gasteiger partial charge in [0, 0.05) is 21.5 Å². The molecule has 0 aliphatic heterocycles. The summed E-state index contributed by atoms with van der Waals surface area (Å²) in [7, 11) is 0. The topological polar surface area (TPSA) is 49.4 Å². The van der Waals surface area contributed by atoms with Crippen LogP contribution in [0.4, 0.5) is 10.1 Å². The lowest BCUT2D eigenvalue weighted by atomic mass is 9.95. The molecular weight excluding hydrogens is 443 g/mol. The molecule has 2 amide bonds. The van der Waals surface area contributed by atoms with Crippen molar-refractivity contribution in [2.75, 3.05) is 4.90 Å². The van der Waals surface area contributed by atoms with Gasteiger partial charge in [-0.15, -0.1) is 22.7 Å². The van der Waals surface area contributed by atoms with Gasteiger partial charge in [0.15, 0.2) is 0 Å². The highest BCUT2D eigenvalue weighted by atomic mass is 32.1. The Labute approximate surface area is 196 Å². The Morgan fingerprint density at radius 3 is 2.56 bits per heavy atom. The Bertz CT molecular complexity index is 1060. The van der Waals surface area contributed by atoms with Crippen LogP contribution in [0, 0.1) is 12.7 Å². The normalized spacial score (nSPS) is 15.3. The predicted molar refractivity (Wildman–Crippen MR) is 129 cm³/mol. The van der Waals surface area contributed by atoms with Crippen molar-refractivity contribution >= 4 is 40.2 Å². The van der Waals surface area contributed by atoms with E-state index in [1.54, 1.807) is 12.1 Å². The fourth-order valence-electron chi connectivity index (χ4n) is 4.26. The van der Waals surface area contributed by atoms with E-state index in [-0.39, 0.29) is 24.3 Å². The summed E-state index contributed by atoms with van der Waals surface area (Å²) >= 11 is 2.95. The number of anilines is 1. The van der Waals surface area contributed by atoms with E-state index in [0.29, 0.717) is 5.69 Å². The zero-order valence-electron chi connectivity index (χ0n) is 18.1. The highest BCUT2D eigenvalue weighted by Gasteiger charge is 2.36. The summed E-state index contributed by atoms with van der Waals surface area (Å²) in [5, 5.41) is 7.05. The molecule has 1 atom stereocenters. The molecule has 4 rings (SSSR count). The molecule has 0 bridgehead atoms. The first-order chi connectivity index (χ1) is 15.5. The molecular formula is C25H27FN2O2S2. The van der Waals surface area contributed by atoms with E-state index in [9.17, 15) is 14.0 Å². The molecule has 7 heteroatoms. The van der Waals surface area contributed by atoms with Crippen LogP contribution in [0.1, 0.15) is 53.5 Å². The fourth-order valence-corrected chi connectivity index (χ4v) is 5.97. The minimum absolute atomic E-state index is 0.112. The van der Waals surface area contributed by atoms with Gasteiger partial charge in [0.05, 0.1) is 6.42 Å². The molecule has 1 N–H and O–H groups in total. The Hall–Kier alpha value is -2.51. The van der Waals surface area contributed by atoms with Crippen LogP contribution in [0.5, 0.6) is 0 Å². The molecule has 3 aromatic rings. The van der Waals surface area contributed by atoms with Crippen molar-refractivity contribution in [3.8, 4) is 0 Å². The molecule has 0 spiro atoms. The van der Waals surface area contributed by atoms with Crippen molar-refractivity contribution < 1.29 is 14.0 Å². The second kappa shape index (κ2) is 10.4. The maximum atomic E-state index is 14.2. The van der Waals surface area contributed by atoms with Crippen LogP contribution in [0.15, 0.2) is 53.2 Å². The number of carbonyl (C=O) groups is 2. The first-order valence-corrected chi connectivity index (χ1v) is 12.7. The van der Waals surface area contributed by atoms with E-state index in [1.165, 1.54) is 46.1 Å². The van der Waals surface area contributed by atoms with Gasteiger partial charge in [0.1, 0.15) is 11.9 Å². The minimum Gasteiger partial charge on any atom is -0.351 e. The van der Waals surface area contributed by atoms with E-state index in [1.807, 2.05) is 35.9 Å². The summed E-state index contributed by atoms with van der Waals surface area (Å²) < 4.78 is 14.2. The Balaban J connectivity index is 1.73. The molecule has 4 nitrogen and oxygen atoms in total. The lowest BCUT2D eigenvalue weighted by molar-refractivity contribution is -0.127. The Morgan fingerprint density at radius 2 is 1.91 bits per heavy atom. The third-order valence-electron chi connectivity index (χ3n) is 5.87. The van der Waals surface area contributed by atoms with E-state index < -0.39 is 11.9 Å². The molecule has 0 radical (unpaired) electrons. The maximum absolute atomic E-state index is 14.2. The minimum atomic E-state index is -0.841. The molecule has 1 fully saturated rings. The number of hydrogen-bond donors (Lipinski definition) is 1. The lowest BCUT2D eigenvalue weighted by Crippen LogP contribution is -2.47. The molecule has 1 aliphatic rings. The smallest absolute Gasteiger partial charge is 0.248 e. The van der Waals surface area contributed by atoms with Crippen LogP contribution in [0.3, 0.4) is 0 Å². The zero-order chi connectivity index (χ0) is 22.5. The number of carbonyl (C=O) groups excluding carboxylic acids is 2. The third-order valence-corrected chi connectivity index (χ3v) is 7.82. The van der Waals surface area contributed by atoms with Crippen LogP contribution in [-0.2, 0) is 16.0 Å². The average Bonchev–Trinajstić information content (AvgIpc) is 3.44.